The monoisotopic (exact) mass is 425 g/mol. The summed E-state index contributed by atoms with van der Waals surface area (Å²) < 4.78 is 0. The van der Waals surface area contributed by atoms with Gasteiger partial charge in [0.1, 0.15) is 0 Å². The molecule has 3 aliphatic carbocycles. The third kappa shape index (κ3) is 4.89. The summed E-state index contributed by atoms with van der Waals surface area (Å²) in [6.07, 6.45) is 17.6. The van der Waals surface area contributed by atoms with Crippen molar-refractivity contribution >= 4 is 5.57 Å². The maximum Gasteiger partial charge on any atom is 0.0168 e. The highest BCUT2D eigenvalue weighted by Crippen LogP contribution is 2.57. The fourth-order valence-corrected chi connectivity index (χ4v) is 4.91. The first-order valence-electron chi connectivity index (χ1n) is 11.7. The Morgan fingerprint density at radius 2 is 1.59 bits per heavy atom. The van der Waals surface area contributed by atoms with Crippen molar-refractivity contribution in [2.24, 2.45) is 11.3 Å². The minimum absolute atomic E-state index is 0. The molecular formula is C31H39N. The number of fused-ring (bicyclic) bond motifs is 1. The summed E-state index contributed by atoms with van der Waals surface area (Å²) in [6.45, 7) is 11.3. The van der Waals surface area contributed by atoms with E-state index in [1.807, 2.05) is 0 Å². The minimum atomic E-state index is 0. The highest BCUT2D eigenvalue weighted by atomic mass is 14.5. The van der Waals surface area contributed by atoms with Gasteiger partial charge in [0.15, 0.2) is 0 Å². The van der Waals surface area contributed by atoms with Crippen LogP contribution in [-0.2, 0) is 5.41 Å². The van der Waals surface area contributed by atoms with E-state index in [4.69, 9.17) is 0 Å². The van der Waals surface area contributed by atoms with Crippen LogP contribution < -0.4 is 6.15 Å². The van der Waals surface area contributed by atoms with Gasteiger partial charge >= 0.3 is 0 Å². The molecule has 32 heavy (non-hydrogen) atoms. The molecule has 0 amide bonds. The highest BCUT2D eigenvalue weighted by molar-refractivity contribution is 5.76. The molecule has 3 unspecified atom stereocenters. The van der Waals surface area contributed by atoms with E-state index in [-0.39, 0.29) is 11.6 Å². The fraction of sp³-hybridized carbons (Fsp3) is 0.355. The smallest absolute Gasteiger partial charge is 0.0168 e. The SMILES string of the molecule is CC1=CCC=CCC1(C)c1ccccc1C.Cc1ccc(C2=CC3CC3(C)C=C2)cc1.N. The normalized spacial score (nSPS) is 27.6. The van der Waals surface area contributed by atoms with Crippen molar-refractivity contribution < 1.29 is 0 Å². The molecule has 1 saturated carbocycles. The summed E-state index contributed by atoms with van der Waals surface area (Å²) in [5.41, 5.74) is 9.11. The number of benzene rings is 2. The molecule has 0 spiro atoms. The second-order valence-electron chi connectivity index (χ2n) is 10.1. The zero-order valence-electron chi connectivity index (χ0n) is 20.5. The van der Waals surface area contributed by atoms with E-state index in [0.29, 0.717) is 5.41 Å². The Balaban J connectivity index is 0.000000175. The summed E-state index contributed by atoms with van der Waals surface area (Å²) in [5, 5.41) is 0. The first kappa shape index (κ1) is 24.0. The zero-order valence-corrected chi connectivity index (χ0v) is 20.5. The zero-order chi connectivity index (χ0) is 22.1. The Hall–Kier alpha value is -2.64. The van der Waals surface area contributed by atoms with Gasteiger partial charge in [0.25, 0.3) is 0 Å². The lowest BCUT2D eigenvalue weighted by atomic mass is 9.72. The topological polar surface area (TPSA) is 35.0 Å². The van der Waals surface area contributed by atoms with E-state index in [1.165, 1.54) is 39.8 Å². The van der Waals surface area contributed by atoms with Gasteiger partial charge in [0.2, 0.25) is 0 Å². The van der Waals surface area contributed by atoms with Crippen LogP contribution in [0.25, 0.3) is 5.57 Å². The molecule has 2 aromatic carbocycles. The van der Waals surface area contributed by atoms with Gasteiger partial charge in [-0.3, -0.25) is 0 Å². The third-order valence-electron chi connectivity index (χ3n) is 7.62. The van der Waals surface area contributed by atoms with Crippen molar-refractivity contribution in [1.82, 2.24) is 6.15 Å². The van der Waals surface area contributed by atoms with Crippen LogP contribution in [0.3, 0.4) is 0 Å². The Bertz CT molecular complexity index is 1070. The average Bonchev–Trinajstić information content (AvgIpc) is 3.47. The second kappa shape index (κ2) is 9.46. The van der Waals surface area contributed by atoms with Crippen molar-refractivity contribution in [3.63, 3.8) is 0 Å². The van der Waals surface area contributed by atoms with Gasteiger partial charge in [-0.2, -0.15) is 0 Å². The van der Waals surface area contributed by atoms with E-state index in [2.05, 4.69) is 120 Å². The summed E-state index contributed by atoms with van der Waals surface area (Å²) in [4.78, 5) is 0. The van der Waals surface area contributed by atoms with Gasteiger partial charge in [-0.15, -0.1) is 0 Å². The van der Waals surface area contributed by atoms with Crippen LogP contribution in [-0.4, -0.2) is 0 Å². The third-order valence-corrected chi connectivity index (χ3v) is 7.62. The quantitative estimate of drug-likeness (QED) is 0.480. The van der Waals surface area contributed by atoms with Crippen LogP contribution in [0.2, 0.25) is 0 Å². The van der Waals surface area contributed by atoms with Crippen LogP contribution in [0.4, 0.5) is 0 Å². The Labute approximate surface area is 195 Å². The molecule has 0 bridgehead atoms. The van der Waals surface area contributed by atoms with Crippen LogP contribution in [0.5, 0.6) is 0 Å². The molecular weight excluding hydrogens is 386 g/mol. The van der Waals surface area contributed by atoms with Gasteiger partial charge < -0.3 is 6.15 Å². The van der Waals surface area contributed by atoms with Crippen LogP contribution in [0, 0.1) is 25.2 Å². The first-order chi connectivity index (χ1) is 14.8. The summed E-state index contributed by atoms with van der Waals surface area (Å²) in [6, 6.07) is 17.6. The second-order valence-corrected chi connectivity index (χ2v) is 10.1. The molecule has 0 heterocycles. The van der Waals surface area contributed by atoms with E-state index >= 15 is 0 Å². The Morgan fingerprint density at radius 3 is 2.28 bits per heavy atom. The Morgan fingerprint density at radius 1 is 0.875 bits per heavy atom. The predicted molar refractivity (Wildman–Crippen MR) is 140 cm³/mol. The van der Waals surface area contributed by atoms with Crippen LogP contribution in [0.15, 0.2) is 90.6 Å². The van der Waals surface area contributed by atoms with Crippen molar-refractivity contribution in [1.29, 1.82) is 0 Å². The molecule has 1 heteroatoms. The fourth-order valence-electron chi connectivity index (χ4n) is 4.91. The molecule has 0 saturated heterocycles. The molecule has 0 aliphatic heterocycles. The first-order valence-corrected chi connectivity index (χ1v) is 11.7. The number of rotatable bonds is 2. The van der Waals surface area contributed by atoms with Gasteiger partial charge in [-0.05, 0) is 73.6 Å². The Kier molecular flexibility index (Phi) is 7.10. The predicted octanol–water partition coefficient (Wildman–Crippen LogP) is 8.69. The lowest BCUT2D eigenvalue weighted by molar-refractivity contribution is 0.564. The summed E-state index contributed by atoms with van der Waals surface area (Å²) in [5.74, 6) is 0.791. The summed E-state index contributed by atoms with van der Waals surface area (Å²) in [7, 11) is 0. The maximum absolute atomic E-state index is 2.44. The largest absolute Gasteiger partial charge is 0.344 e. The molecule has 1 nitrogen and oxygen atoms in total. The number of hydrogen-bond acceptors (Lipinski definition) is 1. The van der Waals surface area contributed by atoms with E-state index in [9.17, 15) is 0 Å². The van der Waals surface area contributed by atoms with Crippen LogP contribution in [0.1, 0.15) is 62.3 Å². The average molecular weight is 426 g/mol. The van der Waals surface area contributed by atoms with Crippen molar-refractivity contribution in [3.05, 3.63) is 113 Å². The molecule has 3 aliphatic rings. The molecule has 0 radical (unpaired) electrons. The maximum atomic E-state index is 2.44. The number of allylic oxidation sites excluding steroid dienone is 8. The van der Waals surface area contributed by atoms with Crippen molar-refractivity contribution in [3.8, 4) is 0 Å². The molecule has 2 aromatic rings. The standard InChI is InChI=1S/C16H20.C15H16.H3N/c1-13-9-6-7-11-15(13)16(3)12-8-4-5-10-14(16)2;1-11-3-5-12(6-4-11)13-7-8-15(2)10-14(15)9-13;/h4,6-11H,5,12H2,1-3H3;3-9,14H,10H2,1-2H3;1H3. The van der Waals surface area contributed by atoms with E-state index in [0.717, 1.165) is 18.8 Å². The molecule has 3 N–H and O–H groups in total. The molecule has 5 rings (SSSR count). The lowest BCUT2D eigenvalue weighted by Gasteiger charge is -2.31. The van der Waals surface area contributed by atoms with Crippen molar-refractivity contribution in [2.45, 2.75) is 59.3 Å². The highest BCUT2D eigenvalue weighted by Gasteiger charge is 2.47. The van der Waals surface area contributed by atoms with Gasteiger partial charge in [0, 0.05) is 5.41 Å². The minimum Gasteiger partial charge on any atom is -0.344 e. The molecule has 3 atom stereocenters. The van der Waals surface area contributed by atoms with E-state index in [1.54, 1.807) is 0 Å². The van der Waals surface area contributed by atoms with Gasteiger partial charge in [-0.1, -0.05) is 110 Å². The van der Waals surface area contributed by atoms with Crippen LogP contribution >= 0.6 is 0 Å². The van der Waals surface area contributed by atoms with Crippen molar-refractivity contribution in [2.75, 3.05) is 0 Å². The lowest BCUT2D eigenvalue weighted by Crippen LogP contribution is -2.23. The number of hydrogen-bond donors (Lipinski definition) is 1. The molecule has 168 valence electrons. The summed E-state index contributed by atoms with van der Waals surface area (Å²) >= 11 is 0. The van der Waals surface area contributed by atoms with Gasteiger partial charge in [-0.25, -0.2) is 0 Å². The van der Waals surface area contributed by atoms with E-state index < -0.39 is 0 Å². The van der Waals surface area contributed by atoms with Gasteiger partial charge in [0.05, 0.1) is 0 Å². The number of aryl methyl sites for hydroxylation is 2. The molecule has 1 fully saturated rings. The molecule has 0 aromatic heterocycles.